The van der Waals surface area contributed by atoms with Gasteiger partial charge in [-0.25, -0.2) is 8.78 Å². The summed E-state index contributed by atoms with van der Waals surface area (Å²) in [6.45, 7) is 4.17. The lowest BCUT2D eigenvalue weighted by molar-refractivity contribution is -0.115. The Morgan fingerprint density at radius 3 is 2.41 bits per heavy atom. The third kappa shape index (κ3) is 4.56. The maximum absolute atomic E-state index is 13.8. The average molecular weight is 418 g/mol. The molecule has 0 unspecified atom stereocenters. The van der Waals surface area contributed by atoms with Crippen molar-refractivity contribution in [2.75, 3.05) is 12.4 Å². The van der Waals surface area contributed by atoms with E-state index >= 15 is 0 Å². The van der Waals surface area contributed by atoms with Crippen LogP contribution in [0.2, 0.25) is 0 Å². The largest absolute Gasteiger partial charge is 0.497 e. The molecule has 2 aromatic carbocycles. The normalized spacial score (nSPS) is 11.9. The molecule has 0 fully saturated rings. The third-order valence-corrected chi connectivity index (χ3v) is 5.32. The maximum atomic E-state index is 13.8. The van der Waals surface area contributed by atoms with Crippen molar-refractivity contribution in [2.45, 2.75) is 30.8 Å². The zero-order chi connectivity index (χ0) is 21.0. The Morgan fingerprint density at radius 1 is 1.17 bits per heavy atom. The molecule has 0 aliphatic heterocycles. The Bertz CT molecular complexity index is 988. The van der Waals surface area contributed by atoms with E-state index in [4.69, 9.17) is 4.74 Å². The van der Waals surface area contributed by atoms with E-state index in [1.165, 1.54) is 6.07 Å². The van der Waals surface area contributed by atoms with Crippen molar-refractivity contribution in [3.8, 4) is 17.1 Å². The number of benzene rings is 2. The second kappa shape index (κ2) is 9.04. The fourth-order valence-electron chi connectivity index (χ4n) is 2.67. The number of ether oxygens (including phenoxy) is 1. The Labute approximate surface area is 171 Å². The summed E-state index contributed by atoms with van der Waals surface area (Å²) < 4.78 is 34.6. The quantitative estimate of drug-likeness (QED) is 0.577. The molecule has 1 N–H and O–H groups in total. The van der Waals surface area contributed by atoms with Crippen molar-refractivity contribution in [3.05, 3.63) is 54.1 Å². The van der Waals surface area contributed by atoms with Crippen LogP contribution in [0.25, 0.3) is 11.4 Å². The second-order valence-electron chi connectivity index (χ2n) is 6.12. The summed E-state index contributed by atoms with van der Waals surface area (Å²) in [5.41, 5.74) is 0.401. The van der Waals surface area contributed by atoms with Gasteiger partial charge in [0.2, 0.25) is 5.91 Å². The molecule has 29 heavy (non-hydrogen) atoms. The Morgan fingerprint density at radius 2 is 1.83 bits per heavy atom. The molecule has 1 atom stereocenters. The molecule has 0 bridgehead atoms. The van der Waals surface area contributed by atoms with Gasteiger partial charge >= 0.3 is 0 Å². The molecular formula is C20H20F2N4O2S. The number of rotatable bonds is 7. The van der Waals surface area contributed by atoms with Gasteiger partial charge in [0, 0.05) is 12.1 Å². The number of aromatic nitrogens is 3. The summed E-state index contributed by atoms with van der Waals surface area (Å²) in [6.07, 6.45) is 0. The van der Waals surface area contributed by atoms with E-state index in [9.17, 15) is 13.6 Å². The number of carbonyl (C=O) groups is 1. The number of anilines is 1. The predicted octanol–water partition coefficient (Wildman–Crippen LogP) is 4.37. The standard InChI is InChI=1S/C20H20F2N4O2S/c1-4-26-18(13-8-10-14(28-3)11-9-13)24-25-20(26)29-12(2)19(27)23-17-15(21)6-5-7-16(17)22/h5-12H,4H2,1-3H3,(H,23,27)/t12-/m0/s1. The minimum absolute atomic E-state index is 0.458. The molecule has 6 nitrogen and oxygen atoms in total. The van der Waals surface area contributed by atoms with Crippen molar-refractivity contribution >= 4 is 23.4 Å². The van der Waals surface area contributed by atoms with Gasteiger partial charge in [-0.2, -0.15) is 0 Å². The molecule has 152 valence electrons. The molecule has 1 heterocycles. The molecule has 3 rings (SSSR count). The number of carbonyl (C=O) groups excluding carboxylic acids is 1. The summed E-state index contributed by atoms with van der Waals surface area (Å²) in [7, 11) is 1.60. The second-order valence-corrected chi connectivity index (χ2v) is 7.43. The maximum Gasteiger partial charge on any atom is 0.237 e. The van der Waals surface area contributed by atoms with Gasteiger partial charge in [0.1, 0.15) is 23.1 Å². The predicted molar refractivity (Wildman–Crippen MR) is 108 cm³/mol. The van der Waals surface area contributed by atoms with Gasteiger partial charge in [-0.05, 0) is 50.2 Å². The highest BCUT2D eigenvalue weighted by Gasteiger charge is 2.22. The van der Waals surface area contributed by atoms with E-state index in [0.717, 1.165) is 35.2 Å². The number of nitrogens with one attached hydrogen (secondary N) is 1. The summed E-state index contributed by atoms with van der Waals surface area (Å²) in [4.78, 5) is 12.4. The number of nitrogens with zero attached hydrogens (tertiary/aromatic N) is 3. The van der Waals surface area contributed by atoms with E-state index in [1.54, 1.807) is 14.0 Å². The van der Waals surface area contributed by atoms with Gasteiger partial charge in [-0.3, -0.25) is 4.79 Å². The van der Waals surface area contributed by atoms with Crippen LogP contribution < -0.4 is 10.1 Å². The highest BCUT2D eigenvalue weighted by atomic mass is 32.2. The lowest BCUT2D eigenvalue weighted by atomic mass is 10.2. The van der Waals surface area contributed by atoms with Gasteiger partial charge in [0.15, 0.2) is 11.0 Å². The van der Waals surface area contributed by atoms with Gasteiger partial charge in [0.25, 0.3) is 0 Å². The minimum Gasteiger partial charge on any atom is -0.497 e. The van der Waals surface area contributed by atoms with Crippen LogP contribution in [0.5, 0.6) is 5.75 Å². The van der Waals surface area contributed by atoms with E-state index in [1.807, 2.05) is 35.8 Å². The fraction of sp³-hybridized carbons (Fsp3) is 0.250. The van der Waals surface area contributed by atoms with Crippen molar-refractivity contribution in [2.24, 2.45) is 0 Å². The highest BCUT2D eigenvalue weighted by molar-refractivity contribution is 8.00. The van der Waals surface area contributed by atoms with Crippen molar-refractivity contribution in [1.29, 1.82) is 0 Å². The summed E-state index contributed by atoms with van der Waals surface area (Å²) in [5, 5.41) is 10.6. The SMILES string of the molecule is CCn1c(S[C@@H](C)C(=O)Nc2c(F)cccc2F)nnc1-c1ccc(OC)cc1. The minimum atomic E-state index is -0.825. The van der Waals surface area contributed by atoms with Crippen LogP contribution in [-0.4, -0.2) is 33.0 Å². The van der Waals surface area contributed by atoms with Crippen LogP contribution in [-0.2, 0) is 11.3 Å². The highest BCUT2D eigenvalue weighted by Crippen LogP contribution is 2.28. The Hall–Kier alpha value is -2.94. The first-order valence-electron chi connectivity index (χ1n) is 8.93. The van der Waals surface area contributed by atoms with Crippen LogP contribution in [0.3, 0.4) is 0 Å². The molecule has 1 aromatic heterocycles. The molecular weight excluding hydrogens is 398 g/mol. The first-order chi connectivity index (χ1) is 13.9. The molecule has 0 aliphatic rings. The van der Waals surface area contributed by atoms with Crippen molar-refractivity contribution in [1.82, 2.24) is 14.8 Å². The lowest BCUT2D eigenvalue weighted by Gasteiger charge is -2.13. The number of halogens is 2. The van der Waals surface area contributed by atoms with Crippen LogP contribution >= 0.6 is 11.8 Å². The van der Waals surface area contributed by atoms with Crippen molar-refractivity contribution in [3.63, 3.8) is 0 Å². The fourth-order valence-corrected chi connectivity index (χ4v) is 3.58. The molecule has 3 aromatic rings. The molecule has 0 spiro atoms. The van der Waals surface area contributed by atoms with Gasteiger partial charge in [0.05, 0.1) is 12.4 Å². The Kier molecular flexibility index (Phi) is 6.48. The smallest absolute Gasteiger partial charge is 0.237 e. The number of thioether (sulfide) groups is 1. The third-order valence-electron chi connectivity index (χ3n) is 4.24. The number of para-hydroxylation sites is 1. The monoisotopic (exact) mass is 418 g/mol. The van der Waals surface area contributed by atoms with Crippen LogP contribution in [0, 0.1) is 11.6 Å². The zero-order valence-corrected chi connectivity index (χ0v) is 17.0. The van der Waals surface area contributed by atoms with Gasteiger partial charge in [-0.1, -0.05) is 17.8 Å². The zero-order valence-electron chi connectivity index (χ0n) is 16.1. The van der Waals surface area contributed by atoms with Crippen molar-refractivity contribution < 1.29 is 18.3 Å². The van der Waals surface area contributed by atoms with E-state index in [2.05, 4.69) is 15.5 Å². The number of methoxy groups -OCH3 is 1. The van der Waals surface area contributed by atoms with E-state index in [0.29, 0.717) is 17.5 Å². The summed E-state index contributed by atoms with van der Waals surface area (Å²) in [5.74, 6) is -0.791. The molecule has 9 heteroatoms. The molecule has 0 saturated heterocycles. The average Bonchev–Trinajstić information content (AvgIpc) is 3.13. The molecule has 0 radical (unpaired) electrons. The summed E-state index contributed by atoms with van der Waals surface area (Å²) >= 11 is 1.16. The number of hydrogen-bond acceptors (Lipinski definition) is 5. The van der Waals surface area contributed by atoms with Gasteiger partial charge < -0.3 is 14.6 Å². The van der Waals surface area contributed by atoms with Crippen LogP contribution in [0.1, 0.15) is 13.8 Å². The summed E-state index contributed by atoms with van der Waals surface area (Å²) in [6, 6.07) is 10.8. The van der Waals surface area contributed by atoms with E-state index < -0.39 is 28.5 Å². The topological polar surface area (TPSA) is 69.0 Å². The number of hydrogen-bond donors (Lipinski definition) is 1. The Balaban J connectivity index is 1.77. The van der Waals surface area contributed by atoms with Crippen LogP contribution in [0.4, 0.5) is 14.5 Å². The molecule has 0 saturated carbocycles. The van der Waals surface area contributed by atoms with E-state index in [-0.39, 0.29) is 0 Å². The first kappa shape index (κ1) is 20.8. The number of amides is 1. The lowest BCUT2D eigenvalue weighted by Crippen LogP contribution is -2.24. The molecule has 0 aliphatic carbocycles. The van der Waals surface area contributed by atoms with Crippen LogP contribution in [0.15, 0.2) is 47.6 Å². The first-order valence-corrected chi connectivity index (χ1v) is 9.81. The molecule has 1 amide bonds. The van der Waals surface area contributed by atoms with Gasteiger partial charge in [-0.15, -0.1) is 10.2 Å².